The molecule has 6 nitrogen and oxygen atoms in total. The second-order valence-electron chi connectivity index (χ2n) is 3.86. The third kappa shape index (κ3) is 1.81. The number of rotatable bonds is 2. The summed E-state index contributed by atoms with van der Waals surface area (Å²) in [5.74, 6) is -0.402. The SMILES string of the molecule is O=[N+]([O-])c1ccc(-c2cccc(F)c2)c2nonc12. The molecule has 1 heterocycles. The van der Waals surface area contributed by atoms with Gasteiger partial charge in [-0.2, -0.15) is 0 Å². The molecule has 3 rings (SSSR count). The third-order valence-electron chi connectivity index (χ3n) is 2.73. The number of nitro benzene ring substituents is 1. The van der Waals surface area contributed by atoms with Crippen molar-refractivity contribution < 1.29 is 13.9 Å². The van der Waals surface area contributed by atoms with Crippen LogP contribution in [0.15, 0.2) is 41.0 Å². The van der Waals surface area contributed by atoms with Gasteiger partial charge in [0.2, 0.25) is 5.52 Å². The lowest BCUT2D eigenvalue weighted by atomic mass is 10.0. The first-order valence-electron chi connectivity index (χ1n) is 5.32. The molecule has 0 saturated carbocycles. The zero-order valence-electron chi connectivity index (χ0n) is 9.41. The number of aromatic nitrogens is 2. The number of benzene rings is 2. The highest BCUT2D eigenvalue weighted by atomic mass is 19.1. The van der Waals surface area contributed by atoms with E-state index in [1.54, 1.807) is 12.1 Å². The first-order valence-corrected chi connectivity index (χ1v) is 5.32. The maximum atomic E-state index is 13.2. The number of nitro groups is 1. The molecule has 7 heteroatoms. The molecule has 19 heavy (non-hydrogen) atoms. The molecule has 0 aliphatic carbocycles. The molecule has 0 saturated heterocycles. The van der Waals surface area contributed by atoms with Crippen molar-refractivity contribution in [1.29, 1.82) is 0 Å². The fraction of sp³-hybridized carbons (Fsp3) is 0. The molecule has 0 bridgehead atoms. The average Bonchev–Trinajstić information content (AvgIpc) is 2.86. The Morgan fingerprint density at radius 1 is 1.16 bits per heavy atom. The van der Waals surface area contributed by atoms with Gasteiger partial charge in [-0.15, -0.1) is 0 Å². The molecule has 0 unspecified atom stereocenters. The summed E-state index contributed by atoms with van der Waals surface area (Å²) in [5, 5.41) is 18.0. The van der Waals surface area contributed by atoms with Crippen LogP contribution in [0.4, 0.5) is 10.1 Å². The standard InChI is InChI=1S/C12H6FN3O3/c13-8-3-1-2-7(6-8)9-4-5-10(16(17)18)12-11(9)14-19-15-12/h1-6H. The molecule has 0 amide bonds. The number of non-ortho nitro benzene ring substituents is 1. The van der Waals surface area contributed by atoms with Crippen molar-refractivity contribution in [1.82, 2.24) is 10.3 Å². The maximum absolute atomic E-state index is 13.2. The topological polar surface area (TPSA) is 82.1 Å². The van der Waals surface area contributed by atoms with Crippen molar-refractivity contribution in [2.45, 2.75) is 0 Å². The van der Waals surface area contributed by atoms with E-state index in [9.17, 15) is 14.5 Å². The van der Waals surface area contributed by atoms with E-state index >= 15 is 0 Å². The van der Waals surface area contributed by atoms with E-state index in [1.807, 2.05) is 0 Å². The predicted molar refractivity (Wildman–Crippen MR) is 63.9 cm³/mol. The summed E-state index contributed by atoms with van der Waals surface area (Å²) in [6, 6.07) is 8.65. The van der Waals surface area contributed by atoms with Gasteiger partial charge in [-0.05, 0) is 34.1 Å². The minimum Gasteiger partial charge on any atom is -0.258 e. The molecule has 0 aliphatic heterocycles. The Bertz CT molecular complexity index is 785. The minimum absolute atomic E-state index is 0.0479. The normalized spacial score (nSPS) is 10.8. The van der Waals surface area contributed by atoms with Crippen molar-refractivity contribution in [2.24, 2.45) is 0 Å². The summed E-state index contributed by atoms with van der Waals surface area (Å²) in [5.41, 5.74) is 1.17. The van der Waals surface area contributed by atoms with Crippen LogP contribution in [-0.4, -0.2) is 15.2 Å². The summed E-state index contributed by atoms with van der Waals surface area (Å²) in [7, 11) is 0. The second kappa shape index (κ2) is 4.13. The van der Waals surface area contributed by atoms with Crippen molar-refractivity contribution in [3.8, 4) is 11.1 Å². The molecule has 2 aromatic carbocycles. The number of fused-ring (bicyclic) bond motifs is 1. The number of hydrogen-bond acceptors (Lipinski definition) is 5. The van der Waals surface area contributed by atoms with E-state index < -0.39 is 10.7 Å². The van der Waals surface area contributed by atoms with E-state index in [1.165, 1.54) is 24.3 Å². The molecule has 94 valence electrons. The molecule has 0 N–H and O–H groups in total. The van der Waals surface area contributed by atoms with E-state index in [4.69, 9.17) is 0 Å². The Labute approximate surface area is 105 Å². The van der Waals surface area contributed by atoms with Crippen LogP contribution in [0.5, 0.6) is 0 Å². The van der Waals surface area contributed by atoms with Gasteiger partial charge in [0.25, 0.3) is 0 Å². The molecule has 3 aromatic rings. The Morgan fingerprint density at radius 3 is 2.68 bits per heavy atom. The highest BCUT2D eigenvalue weighted by molar-refractivity contribution is 5.96. The summed E-state index contributed by atoms with van der Waals surface area (Å²) >= 11 is 0. The number of halogens is 1. The molecule has 0 radical (unpaired) electrons. The summed E-state index contributed by atoms with van der Waals surface area (Å²) in [6.07, 6.45) is 0. The number of nitrogens with zero attached hydrogens (tertiary/aromatic N) is 3. The lowest BCUT2D eigenvalue weighted by Crippen LogP contribution is -1.91. The van der Waals surface area contributed by atoms with Crippen molar-refractivity contribution in [2.75, 3.05) is 0 Å². The molecule has 0 atom stereocenters. The van der Waals surface area contributed by atoms with Crippen LogP contribution in [0.25, 0.3) is 22.2 Å². The molecular weight excluding hydrogens is 253 g/mol. The fourth-order valence-corrected chi connectivity index (χ4v) is 1.89. The lowest BCUT2D eigenvalue weighted by Gasteiger charge is -2.01. The van der Waals surface area contributed by atoms with Crippen LogP contribution in [0, 0.1) is 15.9 Å². The average molecular weight is 259 g/mol. The Kier molecular flexibility index (Phi) is 2.45. The Hall–Kier alpha value is -2.83. The maximum Gasteiger partial charge on any atom is 0.300 e. The van der Waals surface area contributed by atoms with Crippen molar-refractivity contribution in [3.63, 3.8) is 0 Å². The van der Waals surface area contributed by atoms with Crippen LogP contribution >= 0.6 is 0 Å². The van der Waals surface area contributed by atoms with E-state index in [0.29, 0.717) is 11.1 Å². The molecule has 1 aromatic heterocycles. The zero-order chi connectivity index (χ0) is 13.4. The van der Waals surface area contributed by atoms with Gasteiger partial charge < -0.3 is 0 Å². The lowest BCUT2D eigenvalue weighted by molar-refractivity contribution is -0.383. The van der Waals surface area contributed by atoms with Gasteiger partial charge in [0, 0.05) is 11.6 Å². The quantitative estimate of drug-likeness (QED) is 0.522. The summed E-state index contributed by atoms with van der Waals surface area (Å²) in [6.45, 7) is 0. The summed E-state index contributed by atoms with van der Waals surface area (Å²) in [4.78, 5) is 10.3. The van der Waals surface area contributed by atoms with Gasteiger partial charge in [0.05, 0.1) is 4.92 Å². The zero-order valence-corrected chi connectivity index (χ0v) is 9.41. The first-order chi connectivity index (χ1) is 9.16. The van der Waals surface area contributed by atoms with Gasteiger partial charge in [0.15, 0.2) is 0 Å². The van der Waals surface area contributed by atoms with Crippen molar-refractivity contribution >= 4 is 16.7 Å². The van der Waals surface area contributed by atoms with Crippen LogP contribution in [0.2, 0.25) is 0 Å². The summed E-state index contributed by atoms with van der Waals surface area (Å²) < 4.78 is 17.8. The molecule has 0 aliphatic rings. The second-order valence-corrected chi connectivity index (χ2v) is 3.86. The Morgan fingerprint density at radius 2 is 1.95 bits per heavy atom. The molecule has 0 fully saturated rings. The van der Waals surface area contributed by atoms with Gasteiger partial charge in [-0.3, -0.25) is 10.1 Å². The molecular formula is C12H6FN3O3. The van der Waals surface area contributed by atoms with Crippen LogP contribution in [0.1, 0.15) is 0 Å². The first kappa shape index (κ1) is 11.3. The fourth-order valence-electron chi connectivity index (χ4n) is 1.89. The number of hydrogen-bond donors (Lipinski definition) is 0. The Balaban J connectivity index is 2.29. The largest absolute Gasteiger partial charge is 0.300 e. The van der Waals surface area contributed by atoms with Gasteiger partial charge in [-0.25, -0.2) is 9.02 Å². The third-order valence-corrected chi connectivity index (χ3v) is 2.73. The molecule has 0 spiro atoms. The van der Waals surface area contributed by atoms with E-state index in [-0.39, 0.29) is 16.7 Å². The van der Waals surface area contributed by atoms with Crippen LogP contribution < -0.4 is 0 Å². The highest BCUT2D eigenvalue weighted by Gasteiger charge is 2.20. The van der Waals surface area contributed by atoms with Crippen molar-refractivity contribution in [3.05, 3.63) is 52.3 Å². The van der Waals surface area contributed by atoms with Gasteiger partial charge in [0.1, 0.15) is 11.3 Å². The van der Waals surface area contributed by atoms with E-state index in [2.05, 4.69) is 14.9 Å². The smallest absolute Gasteiger partial charge is 0.258 e. The predicted octanol–water partition coefficient (Wildman–Crippen LogP) is 2.94. The van der Waals surface area contributed by atoms with Crippen LogP contribution in [-0.2, 0) is 0 Å². The monoisotopic (exact) mass is 259 g/mol. The van der Waals surface area contributed by atoms with Gasteiger partial charge in [-0.1, -0.05) is 12.1 Å². The minimum atomic E-state index is -0.568. The highest BCUT2D eigenvalue weighted by Crippen LogP contribution is 2.32. The van der Waals surface area contributed by atoms with Crippen LogP contribution in [0.3, 0.4) is 0 Å². The van der Waals surface area contributed by atoms with Gasteiger partial charge >= 0.3 is 5.69 Å². The van der Waals surface area contributed by atoms with E-state index in [0.717, 1.165) is 0 Å².